The second kappa shape index (κ2) is 6.55. The molecule has 1 amide bonds. The number of ketones is 2. The van der Waals surface area contributed by atoms with Crippen molar-refractivity contribution in [2.45, 2.75) is 46.0 Å². The molecule has 3 atom stereocenters. The molecule has 10 heteroatoms. The van der Waals surface area contributed by atoms with E-state index in [9.17, 15) is 40.7 Å². The number of carbonyl (C=O) groups is 3. The zero-order valence-electron chi connectivity index (χ0n) is 16.3. The SMILES string of the molecule is CC1(C)C2CC[C@@]1(C)C(=O)C(C(=O)Nc1cc(C(F)(F)F)cc(C(F)(F)F)c1)C2=O. The standard InChI is InChI=1S/C20H19F6NO3/c1-17(2)12-4-5-18(17,3)15(29)13(14(12)28)16(30)27-11-7-9(19(21,22)23)6-10(8-11)20(24,25)26/h6-8,12-13H,4-5H2,1-3H3,(H,27,30)/t12?,13?,18-/m0/s1. The lowest BCUT2D eigenvalue weighted by Gasteiger charge is -2.46. The van der Waals surface area contributed by atoms with E-state index in [-0.39, 0.29) is 6.07 Å². The number of amides is 1. The van der Waals surface area contributed by atoms with Crippen LogP contribution in [0.3, 0.4) is 0 Å². The molecule has 164 valence electrons. The molecule has 0 aromatic heterocycles. The molecule has 2 aliphatic rings. The molecule has 0 spiro atoms. The summed E-state index contributed by atoms with van der Waals surface area (Å²) in [6, 6.07) is 0.604. The van der Waals surface area contributed by atoms with Crippen LogP contribution < -0.4 is 5.32 Å². The van der Waals surface area contributed by atoms with Crippen LogP contribution in [-0.4, -0.2) is 17.5 Å². The Morgan fingerprint density at radius 1 is 0.967 bits per heavy atom. The summed E-state index contributed by atoms with van der Waals surface area (Å²) in [7, 11) is 0. The molecular formula is C20H19F6NO3. The quantitative estimate of drug-likeness (QED) is 0.533. The molecule has 4 nitrogen and oxygen atoms in total. The third-order valence-electron chi connectivity index (χ3n) is 6.78. The average molecular weight is 435 g/mol. The Balaban J connectivity index is 1.97. The number of nitrogens with one attached hydrogen (secondary N) is 1. The summed E-state index contributed by atoms with van der Waals surface area (Å²) in [6.07, 6.45) is -9.41. The highest BCUT2D eigenvalue weighted by Gasteiger charge is 2.66. The lowest BCUT2D eigenvalue weighted by atomic mass is 9.55. The molecule has 2 saturated carbocycles. The Hall–Kier alpha value is -2.39. The number of rotatable bonds is 2. The molecule has 2 unspecified atom stereocenters. The average Bonchev–Trinajstić information content (AvgIpc) is 2.76. The Morgan fingerprint density at radius 3 is 1.93 bits per heavy atom. The van der Waals surface area contributed by atoms with Crippen molar-refractivity contribution in [3.8, 4) is 0 Å². The zero-order chi connectivity index (χ0) is 22.9. The fraction of sp³-hybridized carbons (Fsp3) is 0.550. The highest BCUT2D eigenvalue weighted by molar-refractivity contribution is 6.25. The van der Waals surface area contributed by atoms with Gasteiger partial charge in [0.1, 0.15) is 0 Å². The van der Waals surface area contributed by atoms with E-state index in [1.807, 2.05) is 5.32 Å². The van der Waals surface area contributed by atoms with Gasteiger partial charge in [0.25, 0.3) is 0 Å². The van der Waals surface area contributed by atoms with Crippen LogP contribution in [0.5, 0.6) is 0 Å². The smallest absolute Gasteiger partial charge is 0.325 e. The van der Waals surface area contributed by atoms with E-state index in [1.165, 1.54) is 0 Å². The van der Waals surface area contributed by atoms with Gasteiger partial charge in [-0.25, -0.2) is 0 Å². The maximum absolute atomic E-state index is 13.0. The largest absolute Gasteiger partial charge is 0.416 e. The van der Waals surface area contributed by atoms with Gasteiger partial charge in [-0.2, -0.15) is 26.3 Å². The summed E-state index contributed by atoms with van der Waals surface area (Å²) >= 11 is 0. The molecule has 1 aromatic carbocycles. The third-order valence-corrected chi connectivity index (χ3v) is 6.78. The summed E-state index contributed by atoms with van der Waals surface area (Å²) in [5.74, 6) is -4.89. The van der Waals surface area contributed by atoms with E-state index < -0.39 is 69.3 Å². The molecule has 2 fully saturated rings. The van der Waals surface area contributed by atoms with Gasteiger partial charge in [0.05, 0.1) is 11.1 Å². The van der Waals surface area contributed by atoms with Gasteiger partial charge in [0.2, 0.25) is 5.91 Å². The number of fused-ring (bicyclic) bond motifs is 2. The molecule has 30 heavy (non-hydrogen) atoms. The predicted octanol–water partition coefficient (Wildman–Crippen LogP) is 4.87. The first kappa shape index (κ1) is 22.3. The van der Waals surface area contributed by atoms with Crippen molar-refractivity contribution in [2.75, 3.05) is 5.32 Å². The van der Waals surface area contributed by atoms with Crippen molar-refractivity contribution >= 4 is 23.2 Å². The van der Waals surface area contributed by atoms with Crippen LogP contribution in [0.4, 0.5) is 32.0 Å². The third kappa shape index (κ3) is 3.30. The molecule has 0 heterocycles. The summed E-state index contributed by atoms with van der Waals surface area (Å²) in [5, 5.41) is 1.93. The first-order chi connectivity index (χ1) is 13.5. The number of hydrogen-bond acceptors (Lipinski definition) is 3. The monoisotopic (exact) mass is 435 g/mol. The first-order valence-electron chi connectivity index (χ1n) is 9.18. The number of anilines is 1. The highest BCUT2D eigenvalue weighted by Crippen LogP contribution is 2.61. The van der Waals surface area contributed by atoms with Crippen molar-refractivity contribution in [3.05, 3.63) is 29.3 Å². The van der Waals surface area contributed by atoms with Gasteiger partial charge in [0, 0.05) is 17.0 Å². The highest BCUT2D eigenvalue weighted by atomic mass is 19.4. The van der Waals surface area contributed by atoms with E-state index in [0.29, 0.717) is 25.0 Å². The van der Waals surface area contributed by atoms with Gasteiger partial charge in [-0.05, 0) is 36.5 Å². The minimum atomic E-state index is -5.09. The van der Waals surface area contributed by atoms with E-state index >= 15 is 0 Å². The van der Waals surface area contributed by atoms with Crippen LogP contribution in [0.1, 0.15) is 44.7 Å². The van der Waals surface area contributed by atoms with Gasteiger partial charge in [0.15, 0.2) is 17.5 Å². The summed E-state index contributed by atoms with van der Waals surface area (Å²) in [4.78, 5) is 38.4. The molecule has 1 aromatic rings. The number of halogens is 6. The molecule has 2 aliphatic carbocycles. The molecule has 1 N–H and O–H groups in total. The van der Waals surface area contributed by atoms with Gasteiger partial charge in [-0.15, -0.1) is 0 Å². The van der Waals surface area contributed by atoms with Crippen molar-refractivity contribution < 1.29 is 40.7 Å². The Bertz CT molecular complexity index is 901. The van der Waals surface area contributed by atoms with Crippen LogP contribution in [0.25, 0.3) is 0 Å². The lowest BCUT2D eigenvalue weighted by Crippen LogP contribution is -2.56. The second-order valence-corrected chi connectivity index (χ2v) is 8.63. The molecule has 0 radical (unpaired) electrons. The van der Waals surface area contributed by atoms with Gasteiger partial charge in [-0.3, -0.25) is 14.4 Å². The Morgan fingerprint density at radius 2 is 1.47 bits per heavy atom. The molecular weight excluding hydrogens is 416 g/mol. The van der Waals surface area contributed by atoms with E-state index in [2.05, 4.69) is 0 Å². The fourth-order valence-electron chi connectivity index (χ4n) is 4.58. The van der Waals surface area contributed by atoms with Crippen LogP contribution in [0.15, 0.2) is 18.2 Å². The van der Waals surface area contributed by atoms with Crippen molar-refractivity contribution in [3.63, 3.8) is 0 Å². The van der Waals surface area contributed by atoms with E-state index in [0.717, 1.165) is 0 Å². The molecule has 2 bridgehead atoms. The van der Waals surface area contributed by atoms with Crippen molar-refractivity contribution in [1.29, 1.82) is 0 Å². The van der Waals surface area contributed by atoms with E-state index in [1.54, 1.807) is 20.8 Å². The molecule has 3 rings (SSSR count). The van der Waals surface area contributed by atoms with Crippen LogP contribution >= 0.6 is 0 Å². The number of alkyl halides is 6. The van der Waals surface area contributed by atoms with Gasteiger partial charge in [-0.1, -0.05) is 20.8 Å². The molecule has 0 aliphatic heterocycles. The van der Waals surface area contributed by atoms with Crippen LogP contribution in [0.2, 0.25) is 0 Å². The summed E-state index contributed by atoms with van der Waals surface area (Å²) < 4.78 is 78.1. The lowest BCUT2D eigenvalue weighted by molar-refractivity contribution is -0.156. The predicted molar refractivity (Wildman–Crippen MR) is 93.2 cm³/mol. The fourth-order valence-corrected chi connectivity index (χ4v) is 4.58. The minimum absolute atomic E-state index is 0.0731. The second-order valence-electron chi connectivity index (χ2n) is 8.63. The van der Waals surface area contributed by atoms with Crippen molar-refractivity contribution in [1.82, 2.24) is 0 Å². The number of benzene rings is 1. The Kier molecular flexibility index (Phi) is 4.87. The number of Topliss-reactive ketones (excluding diaryl/α,β-unsaturated/α-hetero) is 2. The number of hydrogen-bond donors (Lipinski definition) is 1. The maximum atomic E-state index is 13.0. The van der Waals surface area contributed by atoms with Gasteiger partial charge < -0.3 is 5.32 Å². The minimum Gasteiger partial charge on any atom is -0.325 e. The Labute approximate surface area is 168 Å². The normalized spacial score (nSPS) is 28.6. The maximum Gasteiger partial charge on any atom is 0.416 e. The van der Waals surface area contributed by atoms with Gasteiger partial charge >= 0.3 is 12.4 Å². The summed E-state index contributed by atoms with van der Waals surface area (Å²) in [5.41, 5.74) is -5.69. The summed E-state index contributed by atoms with van der Waals surface area (Å²) in [6.45, 7) is 5.13. The topological polar surface area (TPSA) is 63.2 Å². The van der Waals surface area contributed by atoms with Crippen LogP contribution in [-0.2, 0) is 26.7 Å². The zero-order valence-corrected chi connectivity index (χ0v) is 16.3. The number of carbonyl (C=O) groups excluding carboxylic acids is 3. The van der Waals surface area contributed by atoms with E-state index in [4.69, 9.17) is 0 Å². The van der Waals surface area contributed by atoms with Crippen LogP contribution in [0, 0.1) is 22.7 Å². The van der Waals surface area contributed by atoms with Crippen molar-refractivity contribution in [2.24, 2.45) is 22.7 Å². The molecule has 0 saturated heterocycles. The first-order valence-corrected chi connectivity index (χ1v) is 9.18.